The van der Waals surface area contributed by atoms with E-state index in [-0.39, 0.29) is 5.91 Å². The Morgan fingerprint density at radius 1 is 1.28 bits per heavy atom. The highest BCUT2D eigenvalue weighted by atomic mass is 16.6. The largest absolute Gasteiger partial charge is 0.494 e. The normalized spacial score (nSPS) is 18.9. The van der Waals surface area contributed by atoms with Gasteiger partial charge in [-0.05, 0) is 56.2 Å². The first-order chi connectivity index (χ1) is 11.9. The molecular formula is C20H21NO4. The van der Waals surface area contributed by atoms with Crippen molar-refractivity contribution >= 4 is 17.6 Å². The van der Waals surface area contributed by atoms with Gasteiger partial charge in [-0.25, -0.2) is 4.79 Å². The lowest BCUT2D eigenvalue weighted by atomic mass is 9.89. The molecule has 130 valence electrons. The molecule has 0 aliphatic carbocycles. The quantitative estimate of drug-likeness (QED) is 0.866. The Kier molecular flexibility index (Phi) is 4.49. The number of aryl methyl sites for hydroxylation is 1. The van der Waals surface area contributed by atoms with Crippen LogP contribution in [0.25, 0.3) is 0 Å². The van der Waals surface area contributed by atoms with Gasteiger partial charge in [0.1, 0.15) is 5.75 Å². The number of amides is 1. The number of cyclic esters (lactones) is 1. The van der Waals surface area contributed by atoms with E-state index in [1.165, 1.54) is 0 Å². The smallest absolute Gasteiger partial charge is 0.339 e. The molecular weight excluding hydrogens is 318 g/mol. The van der Waals surface area contributed by atoms with Crippen molar-refractivity contribution < 1.29 is 19.1 Å². The fraction of sp³-hybridized carbons (Fsp3) is 0.300. The highest BCUT2D eigenvalue weighted by molar-refractivity contribution is 6.02. The summed E-state index contributed by atoms with van der Waals surface area (Å²) in [6, 6.07) is 12.6. The Morgan fingerprint density at radius 3 is 2.76 bits per heavy atom. The van der Waals surface area contributed by atoms with Crippen LogP contribution in [0.15, 0.2) is 42.5 Å². The molecule has 1 amide bonds. The van der Waals surface area contributed by atoms with E-state index in [9.17, 15) is 9.59 Å². The van der Waals surface area contributed by atoms with Crippen molar-refractivity contribution in [3.8, 4) is 5.75 Å². The predicted molar refractivity (Wildman–Crippen MR) is 94.9 cm³/mol. The zero-order valence-electron chi connectivity index (χ0n) is 14.6. The minimum absolute atomic E-state index is 0.344. The van der Waals surface area contributed by atoms with Crippen molar-refractivity contribution in [3.63, 3.8) is 0 Å². The van der Waals surface area contributed by atoms with Gasteiger partial charge in [-0.15, -0.1) is 0 Å². The van der Waals surface area contributed by atoms with Gasteiger partial charge in [0.2, 0.25) is 0 Å². The van der Waals surface area contributed by atoms with Gasteiger partial charge in [0.15, 0.2) is 5.60 Å². The van der Waals surface area contributed by atoms with Crippen LogP contribution in [0.5, 0.6) is 5.75 Å². The number of hydrogen-bond donors (Lipinski definition) is 1. The van der Waals surface area contributed by atoms with Gasteiger partial charge in [0.05, 0.1) is 12.2 Å². The Bertz CT molecular complexity index is 830. The molecule has 0 saturated carbocycles. The lowest BCUT2D eigenvalue weighted by Gasteiger charge is -2.33. The molecule has 1 N–H and O–H groups in total. The van der Waals surface area contributed by atoms with Gasteiger partial charge in [-0.1, -0.05) is 18.2 Å². The Labute approximate surface area is 147 Å². The second kappa shape index (κ2) is 6.59. The minimum atomic E-state index is -1.24. The lowest BCUT2D eigenvalue weighted by molar-refractivity contribution is -0.134. The maximum Gasteiger partial charge on any atom is 0.339 e. The molecule has 0 bridgehead atoms. The first kappa shape index (κ1) is 17.0. The summed E-state index contributed by atoms with van der Waals surface area (Å²) in [5.41, 5.74) is 1.67. The average Bonchev–Trinajstić information content (AvgIpc) is 2.57. The summed E-state index contributed by atoms with van der Waals surface area (Å²) in [5.74, 6) is -0.0361. The maximum atomic E-state index is 12.7. The second-order valence-electron chi connectivity index (χ2n) is 6.32. The number of ether oxygens (including phenoxy) is 2. The van der Waals surface area contributed by atoms with Gasteiger partial charge in [-0.2, -0.15) is 0 Å². The van der Waals surface area contributed by atoms with Gasteiger partial charge in [0.25, 0.3) is 5.91 Å². The molecule has 0 spiro atoms. The molecule has 3 rings (SSSR count). The van der Waals surface area contributed by atoms with E-state index in [4.69, 9.17) is 9.47 Å². The molecule has 0 saturated heterocycles. The number of esters is 1. The Hall–Kier alpha value is -2.82. The molecule has 0 radical (unpaired) electrons. The molecule has 1 unspecified atom stereocenters. The summed E-state index contributed by atoms with van der Waals surface area (Å²) in [5, 5.41) is 2.84. The predicted octanol–water partition coefficient (Wildman–Crippen LogP) is 3.50. The molecule has 2 aromatic rings. The van der Waals surface area contributed by atoms with Crippen LogP contribution < -0.4 is 10.1 Å². The fourth-order valence-corrected chi connectivity index (χ4v) is 2.97. The first-order valence-electron chi connectivity index (χ1n) is 8.29. The first-order valence-corrected chi connectivity index (χ1v) is 8.29. The number of carbonyl (C=O) groups is 2. The molecule has 5 heteroatoms. The molecule has 1 aliphatic rings. The lowest BCUT2D eigenvalue weighted by Crippen LogP contribution is -2.48. The molecule has 0 aromatic heterocycles. The van der Waals surface area contributed by atoms with Crippen LogP contribution in [0, 0.1) is 6.92 Å². The molecule has 1 atom stereocenters. The number of anilines is 1. The van der Waals surface area contributed by atoms with Crippen LogP contribution >= 0.6 is 0 Å². The number of nitrogens with one attached hydrogen (secondary N) is 1. The standard InChI is InChI=1S/C20H21NO4/c1-4-24-17-10-9-15(11-13(17)2)21-19(23)20(3)12-14-7-5-6-8-16(14)18(22)25-20/h5-11H,4,12H2,1-3H3,(H,21,23). The summed E-state index contributed by atoms with van der Waals surface area (Å²) in [7, 11) is 0. The molecule has 0 fully saturated rings. The van der Waals surface area contributed by atoms with Crippen LogP contribution in [-0.4, -0.2) is 24.1 Å². The third kappa shape index (κ3) is 3.36. The van der Waals surface area contributed by atoms with E-state index >= 15 is 0 Å². The van der Waals surface area contributed by atoms with Gasteiger partial charge in [-0.3, -0.25) is 4.79 Å². The van der Waals surface area contributed by atoms with Crippen molar-refractivity contribution in [2.24, 2.45) is 0 Å². The minimum Gasteiger partial charge on any atom is -0.494 e. The number of rotatable bonds is 4. The van der Waals surface area contributed by atoms with Crippen molar-refractivity contribution in [1.29, 1.82) is 0 Å². The van der Waals surface area contributed by atoms with Crippen LogP contribution in [0.4, 0.5) is 5.69 Å². The Balaban J connectivity index is 1.79. The third-order valence-electron chi connectivity index (χ3n) is 4.30. The van der Waals surface area contributed by atoms with Crippen LogP contribution in [-0.2, 0) is 16.0 Å². The van der Waals surface area contributed by atoms with E-state index in [1.54, 1.807) is 25.1 Å². The SMILES string of the molecule is CCOc1ccc(NC(=O)C2(C)Cc3ccccc3C(=O)O2)cc1C. The topological polar surface area (TPSA) is 64.6 Å². The number of carbonyl (C=O) groups excluding carboxylic acids is 2. The van der Waals surface area contributed by atoms with Gasteiger partial charge < -0.3 is 14.8 Å². The molecule has 1 aliphatic heterocycles. The van der Waals surface area contributed by atoms with Crippen LogP contribution in [0.1, 0.15) is 35.3 Å². The van der Waals surface area contributed by atoms with Crippen LogP contribution in [0.3, 0.4) is 0 Å². The zero-order chi connectivity index (χ0) is 18.0. The third-order valence-corrected chi connectivity index (χ3v) is 4.30. The average molecular weight is 339 g/mol. The van der Waals surface area contributed by atoms with E-state index < -0.39 is 11.6 Å². The van der Waals surface area contributed by atoms with Crippen molar-refractivity contribution in [2.75, 3.05) is 11.9 Å². The summed E-state index contributed by atoms with van der Waals surface area (Å²) in [4.78, 5) is 25.0. The van der Waals surface area contributed by atoms with Crippen molar-refractivity contribution in [1.82, 2.24) is 0 Å². The monoisotopic (exact) mass is 339 g/mol. The fourth-order valence-electron chi connectivity index (χ4n) is 2.97. The number of hydrogen-bond acceptors (Lipinski definition) is 4. The van der Waals surface area contributed by atoms with Crippen LogP contribution in [0.2, 0.25) is 0 Å². The Morgan fingerprint density at radius 2 is 2.04 bits per heavy atom. The van der Waals surface area contributed by atoms with Crippen molar-refractivity contribution in [2.45, 2.75) is 32.8 Å². The molecule has 1 heterocycles. The molecule has 5 nitrogen and oxygen atoms in total. The van der Waals surface area contributed by atoms with Gasteiger partial charge >= 0.3 is 5.97 Å². The highest BCUT2D eigenvalue weighted by Crippen LogP contribution is 2.30. The van der Waals surface area contributed by atoms with E-state index in [1.807, 2.05) is 38.1 Å². The van der Waals surface area contributed by atoms with E-state index in [2.05, 4.69) is 5.32 Å². The zero-order valence-corrected chi connectivity index (χ0v) is 14.6. The van der Waals surface area contributed by atoms with Gasteiger partial charge in [0, 0.05) is 12.1 Å². The number of benzene rings is 2. The summed E-state index contributed by atoms with van der Waals surface area (Å²) >= 11 is 0. The van der Waals surface area contributed by atoms with E-state index in [0.29, 0.717) is 24.3 Å². The second-order valence-corrected chi connectivity index (χ2v) is 6.32. The molecule has 2 aromatic carbocycles. The summed E-state index contributed by atoms with van der Waals surface area (Å²) < 4.78 is 11.0. The van der Waals surface area contributed by atoms with Crippen molar-refractivity contribution in [3.05, 3.63) is 59.2 Å². The highest BCUT2D eigenvalue weighted by Gasteiger charge is 2.42. The number of fused-ring (bicyclic) bond motifs is 1. The maximum absolute atomic E-state index is 12.7. The summed E-state index contributed by atoms with van der Waals surface area (Å²) in [6.07, 6.45) is 0.344. The van der Waals surface area contributed by atoms with E-state index in [0.717, 1.165) is 16.9 Å². The molecule has 25 heavy (non-hydrogen) atoms. The summed E-state index contributed by atoms with van der Waals surface area (Å²) in [6.45, 7) is 6.06.